The van der Waals surface area contributed by atoms with Crippen molar-refractivity contribution in [2.75, 3.05) is 26.2 Å². The molecule has 0 aliphatic heterocycles. The molecule has 0 fully saturated rings. The second-order valence-electron chi connectivity index (χ2n) is 4.91. The SMILES string of the molecule is C=CCNC(=O)CN(CC(=O)NCC=C)S(=O)(=O)c1ccc(Br)cc1. The van der Waals surface area contributed by atoms with E-state index in [1.807, 2.05) is 0 Å². The molecule has 0 heterocycles. The Labute approximate surface area is 156 Å². The van der Waals surface area contributed by atoms with E-state index in [0.29, 0.717) is 4.47 Å². The quantitative estimate of drug-likeness (QED) is 0.543. The highest BCUT2D eigenvalue weighted by Gasteiger charge is 2.28. The summed E-state index contributed by atoms with van der Waals surface area (Å²) in [6, 6.07) is 5.94. The number of halogens is 1. The van der Waals surface area contributed by atoms with Gasteiger partial charge in [-0.25, -0.2) is 8.42 Å². The number of nitrogens with one attached hydrogen (secondary N) is 2. The Morgan fingerprint density at radius 2 is 1.44 bits per heavy atom. The van der Waals surface area contributed by atoms with E-state index >= 15 is 0 Å². The molecule has 1 aromatic carbocycles. The van der Waals surface area contributed by atoms with Gasteiger partial charge in [0.05, 0.1) is 18.0 Å². The van der Waals surface area contributed by atoms with Gasteiger partial charge in [0.1, 0.15) is 0 Å². The van der Waals surface area contributed by atoms with Gasteiger partial charge in [-0.3, -0.25) is 9.59 Å². The van der Waals surface area contributed by atoms with Crippen LogP contribution in [-0.4, -0.2) is 50.7 Å². The Balaban J connectivity index is 3.03. The van der Waals surface area contributed by atoms with Gasteiger partial charge in [0, 0.05) is 17.6 Å². The molecule has 1 rings (SSSR count). The topological polar surface area (TPSA) is 95.6 Å². The summed E-state index contributed by atoms with van der Waals surface area (Å²) in [5, 5.41) is 4.99. The molecule has 0 saturated carbocycles. The predicted octanol–water partition coefficient (Wildman–Crippen LogP) is 1.04. The highest BCUT2D eigenvalue weighted by molar-refractivity contribution is 9.10. The van der Waals surface area contributed by atoms with E-state index in [4.69, 9.17) is 0 Å². The Morgan fingerprint density at radius 3 is 1.84 bits per heavy atom. The van der Waals surface area contributed by atoms with Gasteiger partial charge in [-0.15, -0.1) is 13.2 Å². The number of rotatable bonds is 10. The van der Waals surface area contributed by atoms with Gasteiger partial charge in [-0.05, 0) is 24.3 Å². The Bertz CT molecular complexity index is 706. The molecule has 0 unspecified atom stereocenters. The van der Waals surface area contributed by atoms with Crippen LogP contribution in [0.2, 0.25) is 0 Å². The minimum absolute atomic E-state index is 0.0104. The van der Waals surface area contributed by atoms with E-state index in [0.717, 1.165) is 4.31 Å². The van der Waals surface area contributed by atoms with Gasteiger partial charge in [-0.1, -0.05) is 28.1 Å². The number of carbonyl (C=O) groups excluding carboxylic acids is 2. The molecule has 0 spiro atoms. The second kappa shape index (κ2) is 10.1. The molecule has 0 radical (unpaired) electrons. The Hall–Kier alpha value is -1.97. The van der Waals surface area contributed by atoms with Crippen LogP contribution in [0.4, 0.5) is 0 Å². The van der Waals surface area contributed by atoms with Crippen LogP contribution in [0.1, 0.15) is 0 Å². The number of benzene rings is 1. The molecule has 0 saturated heterocycles. The van der Waals surface area contributed by atoms with Gasteiger partial charge < -0.3 is 10.6 Å². The fraction of sp³-hybridized carbons (Fsp3) is 0.250. The summed E-state index contributed by atoms with van der Waals surface area (Å²) in [5.74, 6) is -1.06. The summed E-state index contributed by atoms with van der Waals surface area (Å²) in [6.45, 7) is 6.40. The smallest absolute Gasteiger partial charge is 0.244 e. The molecule has 0 aliphatic rings. The van der Waals surface area contributed by atoms with Crippen LogP contribution in [-0.2, 0) is 19.6 Å². The zero-order chi connectivity index (χ0) is 18.9. The highest BCUT2D eigenvalue weighted by Crippen LogP contribution is 2.18. The van der Waals surface area contributed by atoms with Crippen LogP contribution in [0, 0.1) is 0 Å². The minimum Gasteiger partial charge on any atom is -0.351 e. The van der Waals surface area contributed by atoms with E-state index in [1.165, 1.54) is 24.3 Å². The zero-order valence-corrected chi connectivity index (χ0v) is 16.0. The Kier molecular flexibility index (Phi) is 8.53. The molecule has 7 nitrogen and oxygen atoms in total. The molecule has 0 atom stereocenters. The third kappa shape index (κ3) is 6.81. The number of sulfonamides is 1. The van der Waals surface area contributed by atoms with E-state index in [-0.39, 0.29) is 18.0 Å². The zero-order valence-electron chi connectivity index (χ0n) is 13.6. The van der Waals surface area contributed by atoms with E-state index < -0.39 is 34.9 Å². The van der Waals surface area contributed by atoms with Crippen molar-refractivity contribution in [3.8, 4) is 0 Å². The molecule has 9 heteroatoms. The predicted molar refractivity (Wildman–Crippen MR) is 99.3 cm³/mol. The number of hydrogen-bond donors (Lipinski definition) is 2. The molecule has 2 amide bonds. The van der Waals surface area contributed by atoms with Crippen LogP contribution in [0.15, 0.2) is 58.9 Å². The van der Waals surface area contributed by atoms with Gasteiger partial charge in [-0.2, -0.15) is 4.31 Å². The van der Waals surface area contributed by atoms with E-state index in [2.05, 4.69) is 39.7 Å². The summed E-state index contributed by atoms with van der Waals surface area (Å²) in [4.78, 5) is 23.8. The van der Waals surface area contributed by atoms with Gasteiger partial charge in [0.25, 0.3) is 0 Å². The number of hydrogen-bond acceptors (Lipinski definition) is 4. The van der Waals surface area contributed by atoms with Crippen LogP contribution >= 0.6 is 15.9 Å². The standard InChI is InChI=1S/C16H20BrN3O4S/c1-3-9-18-15(21)11-20(12-16(22)19-10-4-2)25(23,24)14-7-5-13(17)6-8-14/h3-8H,1-2,9-12H2,(H,18,21)(H,19,22). The van der Waals surface area contributed by atoms with Crippen LogP contribution < -0.4 is 10.6 Å². The van der Waals surface area contributed by atoms with Crippen LogP contribution in [0.3, 0.4) is 0 Å². The average Bonchev–Trinajstić information content (AvgIpc) is 2.57. The van der Waals surface area contributed by atoms with E-state index in [9.17, 15) is 18.0 Å². The summed E-state index contributed by atoms with van der Waals surface area (Å²) < 4.78 is 27.1. The number of nitrogens with zero attached hydrogens (tertiary/aromatic N) is 1. The maximum atomic E-state index is 12.8. The number of carbonyl (C=O) groups is 2. The molecular formula is C16H20BrN3O4S. The van der Waals surface area contributed by atoms with Crippen molar-refractivity contribution < 1.29 is 18.0 Å². The van der Waals surface area contributed by atoms with Gasteiger partial charge >= 0.3 is 0 Å². The average molecular weight is 430 g/mol. The van der Waals surface area contributed by atoms with E-state index in [1.54, 1.807) is 12.1 Å². The van der Waals surface area contributed by atoms with Crippen molar-refractivity contribution in [1.29, 1.82) is 0 Å². The lowest BCUT2D eigenvalue weighted by Crippen LogP contribution is -2.45. The third-order valence-electron chi connectivity index (χ3n) is 2.98. The van der Waals surface area contributed by atoms with Crippen LogP contribution in [0.25, 0.3) is 0 Å². The first kappa shape index (κ1) is 21.1. The monoisotopic (exact) mass is 429 g/mol. The first-order valence-electron chi connectivity index (χ1n) is 7.32. The fourth-order valence-corrected chi connectivity index (χ4v) is 3.40. The fourth-order valence-electron chi connectivity index (χ4n) is 1.79. The second-order valence-corrected chi connectivity index (χ2v) is 7.77. The Morgan fingerprint density at radius 1 is 1.00 bits per heavy atom. The summed E-state index contributed by atoms with van der Waals surface area (Å²) in [5.41, 5.74) is 0. The summed E-state index contributed by atoms with van der Waals surface area (Å²) in [6.07, 6.45) is 2.95. The molecule has 0 bridgehead atoms. The molecule has 0 aromatic heterocycles. The van der Waals surface area contributed by atoms with Gasteiger partial charge in [0.15, 0.2) is 0 Å². The first-order chi connectivity index (χ1) is 11.8. The molecule has 1 aromatic rings. The van der Waals surface area contributed by atoms with Crippen molar-refractivity contribution in [3.63, 3.8) is 0 Å². The third-order valence-corrected chi connectivity index (χ3v) is 5.31. The molecular weight excluding hydrogens is 410 g/mol. The summed E-state index contributed by atoms with van der Waals surface area (Å²) in [7, 11) is -4.02. The van der Waals surface area contributed by atoms with Crippen LogP contribution in [0.5, 0.6) is 0 Å². The minimum atomic E-state index is -4.02. The lowest BCUT2D eigenvalue weighted by molar-refractivity contribution is -0.123. The normalized spacial score (nSPS) is 11.0. The molecule has 25 heavy (non-hydrogen) atoms. The highest BCUT2D eigenvalue weighted by atomic mass is 79.9. The van der Waals surface area contributed by atoms with Crippen molar-refractivity contribution in [2.45, 2.75) is 4.90 Å². The van der Waals surface area contributed by atoms with Gasteiger partial charge in [0.2, 0.25) is 21.8 Å². The van der Waals surface area contributed by atoms with Crippen molar-refractivity contribution in [2.24, 2.45) is 0 Å². The van der Waals surface area contributed by atoms with Crippen molar-refractivity contribution >= 4 is 37.8 Å². The molecule has 136 valence electrons. The molecule has 0 aliphatic carbocycles. The summed E-state index contributed by atoms with van der Waals surface area (Å²) >= 11 is 3.23. The maximum Gasteiger partial charge on any atom is 0.244 e. The maximum absolute atomic E-state index is 12.8. The lowest BCUT2D eigenvalue weighted by Gasteiger charge is -2.21. The largest absolute Gasteiger partial charge is 0.351 e. The first-order valence-corrected chi connectivity index (χ1v) is 9.55. The lowest BCUT2D eigenvalue weighted by atomic mass is 10.4. The van der Waals surface area contributed by atoms with Crippen molar-refractivity contribution in [1.82, 2.24) is 14.9 Å². The number of amides is 2. The van der Waals surface area contributed by atoms with Crippen molar-refractivity contribution in [3.05, 3.63) is 54.0 Å². The molecule has 2 N–H and O–H groups in total.